The van der Waals surface area contributed by atoms with Crippen molar-refractivity contribution in [1.29, 1.82) is 0 Å². The highest BCUT2D eigenvalue weighted by Crippen LogP contribution is 2.28. The minimum Gasteiger partial charge on any atom is -0.271 e. The fraction of sp³-hybridized carbons (Fsp3) is 0.174. The molecule has 7 heteroatoms. The zero-order chi connectivity index (χ0) is 20.7. The molecule has 0 amide bonds. The third kappa shape index (κ3) is 3.34. The number of aryl methyl sites for hydroxylation is 2. The standard InChI is InChI=1S/C23H20N4OS2/c1-15-8-9-16(2)18(12-15)14-30-23-25-24-22-26(13-17-6-4-3-5-7-17)21(28)20-19(27(22)23)10-11-29-20/h3-12H,13-14H2,1-2H3. The van der Waals surface area contributed by atoms with E-state index in [4.69, 9.17) is 0 Å². The normalized spacial score (nSPS) is 11.5. The molecule has 0 fully saturated rings. The van der Waals surface area contributed by atoms with Gasteiger partial charge in [-0.1, -0.05) is 65.9 Å². The van der Waals surface area contributed by atoms with Crippen LogP contribution < -0.4 is 5.56 Å². The Kier molecular flexibility index (Phi) is 4.92. The number of thioether (sulfide) groups is 1. The molecule has 5 aromatic rings. The number of benzene rings is 2. The third-order valence-electron chi connectivity index (χ3n) is 5.23. The van der Waals surface area contributed by atoms with Crippen molar-refractivity contribution in [2.45, 2.75) is 31.3 Å². The van der Waals surface area contributed by atoms with Crippen molar-refractivity contribution < 1.29 is 0 Å². The molecule has 0 N–H and O–H groups in total. The van der Waals surface area contributed by atoms with Crippen molar-refractivity contribution >= 4 is 39.1 Å². The second kappa shape index (κ2) is 7.74. The molecule has 0 saturated carbocycles. The molecule has 0 unspecified atom stereocenters. The van der Waals surface area contributed by atoms with Gasteiger partial charge in [-0.25, -0.2) is 0 Å². The van der Waals surface area contributed by atoms with E-state index in [1.165, 1.54) is 28.0 Å². The Labute approximate surface area is 182 Å². The fourth-order valence-electron chi connectivity index (χ4n) is 3.60. The summed E-state index contributed by atoms with van der Waals surface area (Å²) in [6.07, 6.45) is 0. The second-order valence-electron chi connectivity index (χ2n) is 7.35. The number of thiophene rings is 1. The van der Waals surface area contributed by atoms with Gasteiger partial charge in [0.1, 0.15) is 4.70 Å². The lowest BCUT2D eigenvalue weighted by Crippen LogP contribution is -2.23. The summed E-state index contributed by atoms with van der Waals surface area (Å²) in [5.74, 6) is 1.39. The van der Waals surface area contributed by atoms with Crippen molar-refractivity contribution in [3.63, 3.8) is 0 Å². The number of rotatable bonds is 5. The summed E-state index contributed by atoms with van der Waals surface area (Å²) in [5, 5.41) is 11.6. The molecule has 0 radical (unpaired) electrons. The maximum Gasteiger partial charge on any atom is 0.273 e. The fourth-order valence-corrected chi connectivity index (χ4v) is 5.43. The number of nitrogens with zero attached hydrogens (tertiary/aromatic N) is 4. The summed E-state index contributed by atoms with van der Waals surface area (Å²) in [7, 11) is 0. The molecule has 0 aliphatic carbocycles. The monoisotopic (exact) mass is 432 g/mol. The maximum atomic E-state index is 13.2. The van der Waals surface area contributed by atoms with Crippen LogP contribution >= 0.6 is 23.1 Å². The molecule has 0 atom stereocenters. The van der Waals surface area contributed by atoms with Crippen LogP contribution in [0.15, 0.2) is 69.9 Å². The van der Waals surface area contributed by atoms with E-state index in [0.717, 1.165) is 26.7 Å². The SMILES string of the molecule is Cc1ccc(C)c(CSc2nnc3n(Cc4ccccc4)c(=O)c4sccc4n23)c1. The van der Waals surface area contributed by atoms with Crippen LogP contribution in [0.5, 0.6) is 0 Å². The summed E-state index contributed by atoms with van der Waals surface area (Å²) in [6, 6.07) is 18.5. The lowest BCUT2D eigenvalue weighted by Gasteiger charge is -2.10. The van der Waals surface area contributed by atoms with Crippen molar-refractivity contribution in [3.05, 3.63) is 92.6 Å². The predicted octanol–water partition coefficient (Wildman–Crippen LogP) is 5.06. The first-order valence-corrected chi connectivity index (χ1v) is 11.6. The number of fused-ring (bicyclic) bond motifs is 3. The molecule has 0 bridgehead atoms. The highest BCUT2D eigenvalue weighted by Gasteiger charge is 2.18. The minimum atomic E-state index is -0.0187. The smallest absolute Gasteiger partial charge is 0.271 e. The summed E-state index contributed by atoms with van der Waals surface area (Å²) in [4.78, 5) is 13.2. The first kappa shape index (κ1) is 19.1. The Hall–Kier alpha value is -2.90. The van der Waals surface area contributed by atoms with Crippen LogP contribution in [0, 0.1) is 13.8 Å². The van der Waals surface area contributed by atoms with E-state index in [9.17, 15) is 4.79 Å². The van der Waals surface area contributed by atoms with Crippen LogP contribution in [-0.2, 0) is 12.3 Å². The van der Waals surface area contributed by atoms with Crippen molar-refractivity contribution in [1.82, 2.24) is 19.2 Å². The topological polar surface area (TPSA) is 52.2 Å². The predicted molar refractivity (Wildman–Crippen MR) is 124 cm³/mol. The Balaban J connectivity index is 1.61. The van der Waals surface area contributed by atoms with E-state index in [-0.39, 0.29) is 5.56 Å². The van der Waals surface area contributed by atoms with Gasteiger partial charge in [0.2, 0.25) is 5.78 Å². The van der Waals surface area contributed by atoms with E-state index in [2.05, 4.69) is 42.2 Å². The van der Waals surface area contributed by atoms with Gasteiger partial charge in [-0.05, 0) is 42.0 Å². The molecule has 2 aromatic carbocycles. The Bertz CT molecular complexity index is 1420. The highest BCUT2D eigenvalue weighted by molar-refractivity contribution is 7.98. The zero-order valence-electron chi connectivity index (χ0n) is 16.7. The molecular formula is C23H20N4OS2. The summed E-state index contributed by atoms with van der Waals surface area (Å²) < 4.78 is 4.47. The molecule has 150 valence electrons. The number of aromatic nitrogens is 4. The van der Waals surface area contributed by atoms with Crippen LogP contribution in [0.3, 0.4) is 0 Å². The van der Waals surface area contributed by atoms with Gasteiger partial charge < -0.3 is 0 Å². The Morgan fingerprint density at radius 2 is 1.87 bits per heavy atom. The first-order chi connectivity index (χ1) is 14.6. The van der Waals surface area contributed by atoms with E-state index in [1.54, 1.807) is 16.3 Å². The van der Waals surface area contributed by atoms with Gasteiger partial charge >= 0.3 is 0 Å². The van der Waals surface area contributed by atoms with Gasteiger partial charge in [0.15, 0.2) is 5.16 Å². The second-order valence-corrected chi connectivity index (χ2v) is 9.21. The van der Waals surface area contributed by atoms with Crippen LogP contribution in [-0.4, -0.2) is 19.2 Å². The quantitative estimate of drug-likeness (QED) is 0.364. The average molecular weight is 433 g/mol. The molecular weight excluding hydrogens is 412 g/mol. The van der Waals surface area contributed by atoms with Crippen molar-refractivity contribution in [2.24, 2.45) is 0 Å². The summed E-state index contributed by atoms with van der Waals surface area (Å²) in [6.45, 7) is 4.71. The van der Waals surface area contributed by atoms with E-state index < -0.39 is 0 Å². The number of hydrogen-bond donors (Lipinski definition) is 0. The number of hydrogen-bond acceptors (Lipinski definition) is 5. The lowest BCUT2D eigenvalue weighted by atomic mass is 10.1. The molecule has 0 aliphatic rings. The molecule has 0 saturated heterocycles. The largest absolute Gasteiger partial charge is 0.273 e. The van der Waals surface area contributed by atoms with E-state index in [0.29, 0.717) is 12.3 Å². The van der Waals surface area contributed by atoms with Gasteiger partial charge in [0, 0.05) is 5.75 Å². The van der Waals surface area contributed by atoms with Gasteiger partial charge in [-0.3, -0.25) is 13.8 Å². The summed E-state index contributed by atoms with van der Waals surface area (Å²) >= 11 is 3.12. The van der Waals surface area contributed by atoms with Crippen molar-refractivity contribution in [2.75, 3.05) is 0 Å². The molecule has 5 rings (SSSR count). The molecule has 3 aromatic heterocycles. The van der Waals surface area contributed by atoms with E-state index >= 15 is 0 Å². The van der Waals surface area contributed by atoms with Gasteiger partial charge in [0.05, 0.1) is 12.1 Å². The van der Waals surface area contributed by atoms with Crippen molar-refractivity contribution in [3.8, 4) is 0 Å². The maximum absolute atomic E-state index is 13.2. The van der Waals surface area contributed by atoms with Crippen LogP contribution in [0.25, 0.3) is 16.0 Å². The van der Waals surface area contributed by atoms with Crippen LogP contribution in [0.1, 0.15) is 22.3 Å². The molecule has 0 aliphatic heterocycles. The van der Waals surface area contributed by atoms with Gasteiger partial charge in [-0.15, -0.1) is 21.5 Å². The third-order valence-corrected chi connectivity index (χ3v) is 7.10. The average Bonchev–Trinajstić information content (AvgIpc) is 3.39. The minimum absolute atomic E-state index is 0.0187. The molecule has 0 spiro atoms. The first-order valence-electron chi connectivity index (χ1n) is 9.70. The van der Waals surface area contributed by atoms with E-state index in [1.807, 2.05) is 46.2 Å². The Morgan fingerprint density at radius 3 is 2.70 bits per heavy atom. The highest BCUT2D eigenvalue weighted by atomic mass is 32.2. The Morgan fingerprint density at radius 1 is 1.03 bits per heavy atom. The zero-order valence-corrected chi connectivity index (χ0v) is 18.3. The van der Waals surface area contributed by atoms with Gasteiger partial charge in [0.25, 0.3) is 5.56 Å². The molecule has 3 heterocycles. The van der Waals surface area contributed by atoms with Crippen LogP contribution in [0.4, 0.5) is 0 Å². The van der Waals surface area contributed by atoms with Gasteiger partial charge in [-0.2, -0.15) is 0 Å². The molecule has 5 nitrogen and oxygen atoms in total. The summed E-state index contributed by atoms with van der Waals surface area (Å²) in [5.41, 5.74) is 5.72. The lowest BCUT2D eigenvalue weighted by molar-refractivity contribution is 0.765. The molecule has 30 heavy (non-hydrogen) atoms. The van der Waals surface area contributed by atoms with Crippen LogP contribution in [0.2, 0.25) is 0 Å².